The van der Waals surface area contributed by atoms with Crippen LogP contribution in [0.25, 0.3) is 11.1 Å². The Kier molecular flexibility index (Phi) is 7.78. The minimum atomic E-state index is -3.38. The smallest absolute Gasteiger partial charge is 0.321 e. The van der Waals surface area contributed by atoms with E-state index in [9.17, 15) is 18.0 Å². The molecule has 33 heavy (non-hydrogen) atoms. The third-order valence-corrected chi connectivity index (χ3v) is 6.01. The first-order valence-electron chi connectivity index (χ1n) is 10.5. The first kappa shape index (κ1) is 23.9. The molecule has 172 valence electrons. The monoisotopic (exact) mass is 466 g/mol. The van der Waals surface area contributed by atoms with E-state index in [1.165, 1.54) is 6.26 Å². The first-order chi connectivity index (χ1) is 15.8. The molecule has 1 aromatic heterocycles. The quantitative estimate of drug-likeness (QED) is 0.462. The van der Waals surface area contributed by atoms with Gasteiger partial charge in [-0.1, -0.05) is 49.7 Å². The van der Waals surface area contributed by atoms with Crippen LogP contribution in [0.3, 0.4) is 0 Å². The predicted octanol–water partition coefficient (Wildman–Crippen LogP) is 4.08. The van der Waals surface area contributed by atoms with Gasteiger partial charge in [0.25, 0.3) is 0 Å². The average molecular weight is 467 g/mol. The Morgan fingerprint density at radius 3 is 2.27 bits per heavy atom. The Hall–Kier alpha value is -3.72. The van der Waals surface area contributed by atoms with E-state index in [1.54, 1.807) is 72.9 Å². The lowest BCUT2D eigenvalue weighted by atomic mass is 10.1. The van der Waals surface area contributed by atoms with Crippen LogP contribution in [-0.2, 0) is 14.6 Å². The van der Waals surface area contributed by atoms with E-state index < -0.39 is 21.9 Å². The Labute approximate surface area is 193 Å². The van der Waals surface area contributed by atoms with Crippen LogP contribution in [0.2, 0.25) is 0 Å². The molecule has 2 aromatic carbocycles. The zero-order chi connectivity index (χ0) is 23.8. The first-order valence-corrected chi connectivity index (χ1v) is 12.4. The number of carbonyl (C=O) groups is 2. The maximum Gasteiger partial charge on any atom is 0.321 e. The molecule has 9 heteroatoms. The highest BCUT2D eigenvalue weighted by molar-refractivity contribution is 7.90. The van der Waals surface area contributed by atoms with Crippen molar-refractivity contribution in [1.82, 2.24) is 10.3 Å². The van der Waals surface area contributed by atoms with E-state index >= 15 is 0 Å². The number of nitrogens with one attached hydrogen (secondary N) is 3. The van der Waals surface area contributed by atoms with Gasteiger partial charge in [0.05, 0.1) is 4.90 Å². The summed E-state index contributed by atoms with van der Waals surface area (Å²) in [5.41, 5.74) is 1.84. The summed E-state index contributed by atoms with van der Waals surface area (Å²) in [6.45, 7) is 1.92. The van der Waals surface area contributed by atoms with Gasteiger partial charge in [0.1, 0.15) is 11.9 Å². The van der Waals surface area contributed by atoms with Gasteiger partial charge in [-0.05, 0) is 42.3 Å². The van der Waals surface area contributed by atoms with E-state index in [-0.39, 0.29) is 10.8 Å². The molecule has 0 radical (unpaired) electrons. The van der Waals surface area contributed by atoms with Crippen LogP contribution in [0.4, 0.5) is 16.3 Å². The molecular weight excluding hydrogens is 440 g/mol. The summed E-state index contributed by atoms with van der Waals surface area (Å²) in [4.78, 5) is 29.3. The van der Waals surface area contributed by atoms with Gasteiger partial charge in [-0.25, -0.2) is 18.2 Å². The summed E-state index contributed by atoms with van der Waals surface area (Å²) in [6, 6.07) is 17.5. The number of benzene rings is 2. The highest BCUT2D eigenvalue weighted by Crippen LogP contribution is 2.28. The molecule has 0 saturated heterocycles. The van der Waals surface area contributed by atoms with Crippen molar-refractivity contribution in [2.75, 3.05) is 16.9 Å². The normalized spacial score (nSPS) is 11.9. The topological polar surface area (TPSA) is 117 Å². The van der Waals surface area contributed by atoms with Gasteiger partial charge < -0.3 is 10.6 Å². The Balaban J connectivity index is 1.69. The molecule has 0 aliphatic heterocycles. The van der Waals surface area contributed by atoms with Crippen molar-refractivity contribution in [2.24, 2.45) is 0 Å². The molecular formula is C24H26N4O4S. The number of urea groups is 1. The molecule has 0 spiro atoms. The van der Waals surface area contributed by atoms with E-state index in [1.807, 2.05) is 6.92 Å². The minimum Gasteiger partial charge on any atom is -0.326 e. The second-order valence-electron chi connectivity index (χ2n) is 7.49. The van der Waals surface area contributed by atoms with Crippen LogP contribution in [0, 0.1) is 0 Å². The van der Waals surface area contributed by atoms with Crippen LogP contribution in [-0.4, -0.2) is 37.6 Å². The molecule has 0 aliphatic rings. The van der Waals surface area contributed by atoms with Crippen molar-refractivity contribution in [2.45, 2.75) is 30.7 Å². The van der Waals surface area contributed by atoms with E-state index in [0.717, 1.165) is 0 Å². The van der Waals surface area contributed by atoms with Crippen LogP contribution in [0.5, 0.6) is 0 Å². The Morgan fingerprint density at radius 1 is 0.939 bits per heavy atom. The van der Waals surface area contributed by atoms with Crippen molar-refractivity contribution < 1.29 is 18.0 Å². The lowest BCUT2D eigenvalue weighted by molar-refractivity contribution is -0.118. The fourth-order valence-electron chi connectivity index (χ4n) is 3.30. The second-order valence-corrected chi connectivity index (χ2v) is 9.47. The number of aromatic nitrogens is 1. The summed E-state index contributed by atoms with van der Waals surface area (Å²) in [5.74, 6) is 0.0351. The molecule has 3 rings (SSSR count). The number of sulfone groups is 1. The number of hydrogen-bond donors (Lipinski definition) is 3. The van der Waals surface area contributed by atoms with Gasteiger partial charge in [0.15, 0.2) is 9.84 Å². The van der Waals surface area contributed by atoms with E-state index in [4.69, 9.17) is 0 Å². The third kappa shape index (κ3) is 6.63. The van der Waals surface area contributed by atoms with Crippen LogP contribution in [0.1, 0.15) is 19.8 Å². The van der Waals surface area contributed by atoms with Crippen molar-refractivity contribution in [3.8, 4) is 11.1 Å². The maximum atomic E-state index is 12.8. The summed E-state index contributed by atoms with van der Waals surface area (Å²) in [5, 5.41) is 8.09. The van der Waals surface area contributed by atoms with Gasteiger partial charge in [0, 0.05) is 23.7 Å². The number of anilines is 2. The number of pyridine rings is 1. The van der Waals surface area contributed by atoms with Crippen LogP contribution < -0.4 is 16.0 Å². The molecule has 3 N–H and O–H groups in total. The average Bonchev–Trinajstić information content (AvgIpc) is 2.79. The van der Waals surface area contributed by atoms with Crippen LogP contribution >= 0.6 is 0 Å². The van der Waals surface area contributed by atoms with E-state index in [2.05, 4.69) is 20.9 Å². The summed E-state index contributed by atoms with van der Waals surface area (Å²) >= 11 is 0. The number of hydrogen-bond acceptors (Lipinski definition) is 5. The number of rotatable bonds is 8. The fourth-order valence-corrected chi connectivity index (χ4v) is 4.21. The van der Waals surface area contributed by atoms with E-state index in [0.29, 0.717) is 35.5 Å². The molecule has 0 bridgehead atoms. The highest BCUT2D eigenvalue weighted by Gasteiger charge is 2.20. The van der Waals surface area contributed by atoms with Crippen molar-refractivity contribution in [1.29, 1.82) is 0 Å². The molecule has 3 amide bonds. The predicted molar refractivity (Wildman–Crippen MR) is 129 cm³/mol. The van der Waals surface area contributed by atoms with Crippen LogP contribution in [0.15, 0.2) is 77.8 Å². The second kappa shape index (κ2) is 10.7. The van der Waals surface area contributed by atoms with Crippen molar-refractivity contribution >= 4 is 33.3 Å². The highest BCUT2D eigenvalue weighted by atomic mass is 32.2. The Bertz CT molecular complexity index is 1210. The summed E-state index contributed by atoms with van der Waals surface area (Å²) < 4.78 is 24.2. The zero-order valence-corrected chi connectivity index (χ0v) is 19.2. The molecule has 3 aromatic rings. The van der Waals surface area contributed by atoms with Crippen molar-refractivity contribution in [3.05, 3.63) is 72.9 Å². The van der Waals surface area contributed by atoms with Gasteiger partial charge in [0.2, 0.25) is 5.91 Å². The number of nitrogens with zero attached hydrogens (tertiary/aromatic N) is 1. The zero-order valence-electron chi connectivity index (χ0n) is 18.4. The SMILES string of the molecule is CCC[C@@H](NC(=O)Nc1ccccn1)C(=O)Nc1ccc(-c2ccccc2S(C)(=O)=O)cc1. The molecule has 0 fully saturated rings. The van der Waals surface area contributed by atoms with Gasteiger partial charge in [-0.2, -0.15) is 0 Å². The molecule has 1 atom stereocenters. The summed E-state index contributed by atoms with van der Waals surface area (Å²) in [7, 11) is -3.38. The molecule has 0 saturated carbocycles. The fraction of sp³-hybridized carbons (Fsp3) is 0.208. The largest absolute Gasteiger partial charge is 0.326 e. The lowest BCUT2D eigenvalue weighted by Gasteiger charge is -2.18. The number of amides is 3. The maximum absolute atomic E-state index is 12.8. The lowest BCUT2D eigenvalue weighted by Crippen LogP contribution is -2.45. The van der Waals surface area contributed by atoms with Gasteiger partial charge >= 0.3 is 6.03 Å². The minimum absolute atomic E-state index is 0.243. The van der Waals surface area contributed by atoms with Crippen molar-refractivity contribution in [3.63, 3.8) is 0 Å². The molecule has 8 nitrogen and oxygen atoms in total. The van der Waals surface area contributed by atoms with Gasteiger partial charge in [-0.15, -0.1) is 0 Å². The summed E-state index contributed by atoms with van der Waals surface area (Å²) in [6.07, 6.45) is 3.89. The standard InChI is InChI=1S/C24H26N4O4S/c1-3-8-20(27-24(30)28-22-11-6-7-16-25-22)23(29)26-18-14-12-17(13-15-18)19-9-4-5-10-21(19)33(2,31)32/h4-7,9-16,20H,3,8H2,1-2H3,(H,26,29)(H2,25,27,28,30)/t20-/m1/s1. The molecule has 0 unspecified atom stereocenters. The number of carbonyl (C=O) groups excluding carboxylic acids is 2. The third-order valence-electron chi connectivity index (χ3n) is 4.86. The van der Waals surface area contributed by atoms with Gasteiger partial charge in [-0.3, -0.25) is 10.1 Å². The molecule has 0 aliphatic carbocycles. The molecule has 1 heterocycles. The Morgan fingerprint density at radius 2 is 1.64 bits per heavy atom.